The number of nitrogens with one attached hydrogen (secondary N) is 1. The van der Waals surface area contributed by atoms with E-state index < -0.39 is 6.04 Å². The predicted molar refractivity (Wildman–Crippen MR) is 119 cm³/mol. The molecule has 0 fully saturated rings. The van der Waals surface area contributed by atoms with Crippen LogP contribution < -0.4 is 20.3 Å². The molecule has 0 aliphatic heterocycles. The Morgan fingerprint density at radius 1 is 1.10 bits per heavy atom. The molecular weight excluding hydrogens is 396 g/mol. The van der Waals surface area contributed by atoms with Gasteiger partial charge < -0.3 is 19.4 Å². The Bertz CT molecular complexity index is 1340. The number of aromatic nitrogens is 3. The summed E-state index contributed by atoms with van der Waals surface area (Å²) in [5.74, 6) is 0.960. The van der Waals surface area contributed by atoms with Crippen molar-refractivity contribution in [3.63, 3.8) is 0 Å². The van der Waals surface area contributed by atoms with Gasteiger partial charge in [-0.15, -0.1) is 0 Å². The maximum absolute atomic E-state index is 13.1. The van der Waals surface area contributed by atoms with Gasteiger partial charge in [0, 0.05) is 29.9 Å². The molecule has 0 unspecified atom stereocenters. The Morgan fingerprint density at radius 3 is 2.61 bits per heavy atom. The van der Waals surface area contributed by atoms with E-state index in [4.69, 9.17) is 9.47 Å². The summed E-state index contributed by atoms with van der Waals surface area (Å²) >= 11 is 0. The SMILES string of the molecule is COc1cccc(CNC(=O)[C@H](C)n2c3ccccc3c3cnn(C)c(=O)c32)c1OC. The summed E-state index contributed by atoms with van der Waals surface area (Å²) in [5.41, 5.74) is 1.82. The van der Waals surface area contributed by atoms with Gasteiger partial charge in [-0.3, -0.25) is 9.59 Å². The zero-order chi connectivity index (χ0) is 22.1. The quantitative estimate of drug-likeness (QED) is 0.518. The van der Waals surface area contributed by atoms with Gasteiger partial charge in [-0.05, 0) is 19.1 Å². The summed E-state index contributed by atoms with van der Waals surface area (Å²) < 4.78 is 13.8. The summed E-state index contributed by atoms with van der Waals surface area (Å²) in [4.78, 5) is 26.0. The summed E-state index contributed by atoms with van der Waals surface area (Å²) in [7, 11) is 4.73. The summed E-state index contributed by atoms with van der Waals surface area (Å²) in [6.45, 7) is 2.05. The van der Waals surface area contributed by atoms with E-state index in [0.717, 1.165) is 21.9 Å². The second-order valence-electron chi connectivity index (χ2n) is 7.27. The van der Waals surface area contributed by atoms with Crippen molar-refractivity contribution in [1.29, 1.82) is 0 Å². The first-order valence-corrected chi connectivity index (χ1v) is 9.90. The average Bonchev–Trinajstić information content (AvgIpc) is 3.13. The molecular formula is C23H24N4O4. The Hall–Kier alpha value is -3.81. The third kappa shape index (κ3) is 3.39. The lowest BCUT2D eigenvalue weighted by Crippen LogP contribution is -2.32. The number of benzene rings is 2. The molecule has 0 bridgehead atoms. The topological polar surface area (TPSA) is 87.4 Å². The highest BCUT2D eigenvalue weighted by atomic mass is 16.5. The van der Waals surface area contributed by atoms with E-state index in [9.17, 15) is 9.59 Å². The zero-order valence-electron chi connectivity index (χ0n) is 17.9. The molecule has 0 aliphatic carbocycles. The Labute approximate surface area is 179 Å². The third-order valence-corrected chi connectivity index (χ3v) is 5.51. The van der Waals surface area contributed by atoms with Crippen LogP contribution in [0.5, 0.6) is 11.5 Å². The van der Waals surface area contributed by atoms with Crippen LogP contribution in [0, 0.1) is 0 Å². The van der Waals surface area contributed by atoms with Crippen molar-refractivity contribution in [3.05, 3.63) is 64.6 Å². The van der Waals surface area contributed by atoms with Crippen LogP contribution in [-0.4, -0.2) is 34.5 Å². The number of aryl methyl sites for hydroxylation is 1. The van der Waals surface area contributed by atoms with Crippen molar-refractivity contribution >= 4 is 27.7 Å². The van der Waals surface area contributed by atoms with E-state index in [1.807, 2.05) is 36.4 Å². The van der Waals surface area contributed by atoms with Crippen molar-refractivity contribution in [2.24, 2.45) is 7.05 Å². The Morgan fingerprint density at radius 2 is 1.87 bits per heavy atom. The molecule has 0 aliphatic rings. The van der Waals surface area contributed by atoms with Gasteiger partial charge in [0.05, 0.1) is 25.9 Å². The normalized spacial score (nSPS) is 12.1. The number of hydrogen-bond acceptors (Lipinski definition) is 5. The van der Waals surface area contributed by atoms with Gasteiger partial charge in [-0.1, -0.05) is 30.3 Å². The Kier molecular flexibility index (Phi) is 5.37. The zero-order valence-corrected chi connectivity index (χ0v) is 17.9. The van der Waals surface area contributed by atoms with Crippen molar-refractivity contribution in [2.45, 2.75) is 19.5 Å². The summed E-state index contributed by atoms with van der Waals surface area (Å²) in [5, 5.41) is 8.72. The van der Waals surface area contributed by atoms with Crippen LogP contribution in [0.3, 0.4) is 0 Å². The van der Waals surface area contributed by atoms with E-state index in [-0.39, 0.29) is 18.0 Å². The van der Waals surface area contributed by atoms with E-state index >= 15 is 0 Å². The van der Waals surface area contributed by atoms with Crippen LogP contribution in [0.4, 0.5) is 0 Å². The Balaban J connectivity index is 1.72. The van der Waals surface area contributed by atoms with Gasteiger partial charge in [0.25, 0.3) is 5.56 Å². The first-order valence-electron chi connectivity index (χ1n) is 9.90. The smallest absolute Gasteiger partial charge is 0.291 e. The van der Waals surface area contributed by atoms with Crippen LogP contribution in [0.1, 0.15) is 18.5 Å². The number of amides is 1. The van der Waals surface area contributed by atoms with E-state index in [1.165, 1.54) is 4.68 Å². The largest absolute Gasteiger partial charge is 0.493 e. The number of ether oxygens (including phenoxy) is 2. The van der Waals surface area contributed by atoms with Crippen LogP contribution in [-0.2, 0) is 18.4 Å². The van der Waals surface area contributed by atoms with Crippen molar-refractivity contribution in [1.82, 2.24) is 19.7 Å². The van der Waals surface area contributed by atoms with Gasteiger partial charge in [-0.25, -0.2) is 4.68 Å². The first-order chi connectivity index (χ1) is 15.0. The van der Waals surface area contributed by atoms with Gasteiger partial charge in [0.2, 0.25) is 5.91 Å². The summed E-state index contributed by atoms with van der Waals surface area (Å²) in [6, 6.07) is 12.5. The molecule has 0 radical (unpaired) electrons. The molecule has 2 aromatic heterocycles. The fourth-order valence-electron chi connectivity index (χ4n) is 3.93. The van der Waals surface area contributed by atoms with Gasteiger partial charge >= 0.3 is 0 Å². The molecule has 4 aromatic rings. The predicted octanol–water partition coefficient (Wildman–Crippen LogP) is 2.78. The van der Waals surface area contributed by atoms with Gasteiger partial charge in [0.1, 0.15) is 11.6 Å². The minimum Gasteiger partial charge on any atom is -0.493 e. The van der Waals surface area contributed by atoms with Crippen molar-refractivity contribution in [3.8, 4) is 11.5 Å². The molecule has 0 saturated heterocycles. The van der Waals surface area contributed by atoms with Crippen LogP contribution in [0.25, 0.3) is 21.8 Å². The third-order valence-electron chi connectivity index (χ3n) is 5.51. The lowest BCUT2D eigenvalue weighted by Gasteiger charge is -2.18. The van der Waals surface area contributed by atoms with Crippen LogP contribution in [0.15, 0.2) is 53.5 Å². The highest BCUT2D eigenvalue weighted by Gasteiger charge is 2.23. The minimum atomic E-state index is -0.617. The highest BCUT2D eigenvalue weighted by molar-refractivity contribution is 6.08. The maximum atomic E-state index is 13.1. The molecule has 1 atom stereocenters. The van der Waals surface area contributed by atoms with Crippen LogP contribution in [0.2, 0.25) is 0 Å². The van der Waals surface area contributed by atoms with Gasteiger partial charge in [0.15, 0.2) is 11.5 Å². The fourth-order valence-corrected chi connectivity index (χ4v) is 3.93. The number of carbonyl (C=O) groups excluding carboxylic acids is 1. The number of para-hydroxylation sites is 2. The lowest BCUT2D eigenvalue weighted by atomic mass is 10.1. The average molecular weight is 420 g/mol. The van der Waals surface area contributed by atoms with Crippen molar-refractivity contribution in [2.75, 3.05) is 14.2 Å². The number of fused-ring (bicyclic) bond motifs is 3. The fraction of sp³-hybridized carbons (Fsp3) is 0.261. The molecule has 0 spiro atoms. The first kappa shape index (κ1) is 20.5. The number of hydrogen-bond donors (Lipinski definition) is 1. The molecule has 2 aromatic carbocycles. The molecule has 4 rings (SSSR count). The monoisotopic (exact) mass is 420 g/mol. The molecule has 160 valence electrons. The van der Waals surface area contributed by atoms with E-state index in [1.54, 1.807) is 45.0 Å². The number of carbonyl (C=O) groups is 1. The van der Waals surface area contributed by atoms with E-state index in [0.29, 0.717) is 17.0 Å². The maximum Gasteiger partial charge on any atom is 0.291 e. The summed E-state index contributed by atoms with van der Waals surface area (Å²) in [6.07, 6.45) is 1.67. The number of rotatable bonds is 6. The molecule has 31 heavy (non-hydrogen) atoms. The molecule has 2 heterocycles. The molecule has 8 heteroatoms. The lowest BCUT2D eigenvalue weighted by molar-refractivity contribution is -0.123. The molecule has 1 N–H and O–H groups in total. The van der Waals surface area contributed by atoms with Gasteiger partial charge in [-0.2, -0.15) is 5.10 Å². The van der Waals surface area contributed by atoms with Crippen LogP contribution >= 0.6 is 0 Å². The highest BCUT2D eigenvalue weighted by Crippen LogP contribution is 2.31. The minimum absolute atomic E-state index is 0.216. The molecule has 8 nitrogen and oxygen atoms in total. The van der Waals surface area contributed by atoms with E-state index in [2.05, 4.69) is 10.4 Å². The van der Waals surface area contributed by atoms with Crippen molar-refractivity contribution < 1.29 is 14.3 Å². The second-order valence-corrected chi connectivity index (χ2v) is 7.27. The molecule has 0 saturated carbocycles. The molecule has 1 amide bonds. The second kappa shape index (κ2) is 8.14. The standard InChI is InChI=1S/C23H24N4O4/c1-14(22(28)24-12-15-8-7-11-19(30-3)21(15)31-4)27-18-10-6-5-9-16(18)17-13-25-26(2)23(29)20(17)27/h5-11,13-14H,12H2,1-4H3,(H,24,28)/t14-/m0/s1. The number of methoxy groups -OCH3 is 2. The number of nitrogens with zero attached hydrogens (tertiary/aromatic N) is 3.